The van der Waals surface area contributed by atoms with E-state index in [1.54, 1.807) is 0 Å². The molecule has 2 rings (SSSR count). The first-order chi connectivity index (χ1) is 5.97. The zero-order valence-electron chi connectivity index (χ0n) is 7.10. The van der Waals surface area contributed by atoms with Crippen LogP contribution >= 0.6 is 0 Å². The van der Waals surface area contributed by atoms with Gasteiger partial charge in [0.15, 0.2) is 12.4 Å². The van der Waals surface area contributed by atoms with Gasteiger partial charge in [0.2, 0.25) is 5.69 Å². The van der Waals surface area contributed by atoms with Gasteiger partial charge in [0.1, 0.15) is 0 Å². The first kappa shape index (κ1) is 9.75. The summed E-state index contributed by atoms with van der Waals surface area (Å²) in [7, 11) is 0. The first-order valence-corrected chi connectivity index (χ1v) is 3.98. The van der Waals surface area contributed by atoms with Crippen molar-refractivity contribution in [2.45, 2.75) is 0 Å². The molecule has 13 heavy (non-hydrogen) atoms. The second kappa shape index (κ2) is 4.63. The first-order valence-electron chi connectivity index (χ1n) is 3.98. The fourth-order valence-electron chi connectivity index (χ4n) is 1.17. The summed E-state index contributed by atoms with van der Waals surface area (Å²) in [5.74, 6) is 0. The van der Waals surface area contributed by atoms with E-state index in [2.05, 4.69) is 16.7 Å². The Morgan fingerprint density at radius 2 is 1.23 bits per heavy atom. The zero-order valence-corrected chi connectivity index (χ0v) is 7.85. The number of halogens is 1. The van der Waals surface area contributed by atoms with Crippen molar-refractivity contribution in [2.24, 2.45) is 0 Å². The van der Waals surface area contributed by atoms with Gasteiger partial charge in [-0.05, 0) is 0 Å². The Balaban J connectivity index is 0.000000845. The van der Waals surface area contributed by atoms with Crippen molar-refractivity contribution in [1.82, 2.24) is 0 Å². The molecule has 0 atom stereocenters. The summed E-state index contributed by atoms with van der Waals surface area (Å²) in [4.78, 5) is 0. The molecule has 0 spiro atoms. The van der Waals surface area contributed by atoms with Crippen LogP contribution < -0.4 is 17.0 Å². The van der Waals surface area contributed by atoms with Crippen molar-refractivity contribution < 1.29 is 17.0 Å². The lowest BCUT2D eigenvalue weighted by Crippen LogP contribution is -3.00. The number of hydrogen-bond acceptors (Lipinski definition) is 0. The van der Waals surface area contributed by atoms with Gasteiger partial charge in [-0.1, -0.05) is 24.3 Å². The number of rotatable bonds is 1. The van der Waals surface area contributed by atoms with Crippen LogP contribution in [0.4, 0.5) is 0 Å². The molecule has 1 nitrogen and oxygen atoms in total. The van der Waals surface area contributed by atoms with Gasteiger partial charge in [0.05, 0.1) is 0 Å². The van der Waals surface area contributed by atoms with Crippen LogP contribution in [0.25, 0.3) is 5.69 Å². The van der Waals surface area contributed by atoms with Crippen LogP contribution in [0.2, 0.25) is 0 Å². The molecule has 0 saturated carbocycles. The molecule has 66 valence electrons. The van der Waals surface area contributed by atoms with Gasteiger partial charge >= 0.3 is 0 Å². The van der Waals surface area contributed by atoms with Gasteiger partial charge in [-0.15, -0.1) is 0 Å². The molecule has 1 aromatic carbocycles. The monoisotopic (exact) mass is 191 g/mol. The van der Waals surface area contributed by atoms with Crippen LogP contribution in [-0.2, 0) is 0 Å². The molecule has 2 aromatic rings. The lowest BCUT2D eigenvalue weighted by atomic mass is 10.3. The summed E-state index contributed by atoms with van der Waals surface area (Å²) in [5.41, 5.74) is 1.19. The minimum atomic E-state index is 0. The van der Waals surface area contributed by atoms with Gasteiger partial charge in [-0.25, -0.2) is 0 Å². The molecule has 0 N–H and O–H groups in total. The molecule has 0 amide bonds. The second-order valence-corrected chi connectivity index (χ2v) is 2.62. The quantitative estimate of drug-likeness (QED) is 0.508. The molecule has 1 aromatic heterocycles. The Morgan fingerprint density at radius 3 is 1.85 bits per heavy atom. The van der Waals surface area contributed by atoms with E-state index in [-0.39, 0.29) is 12.4 Å². The maximum Gasteiger partial charge on any atom is 0.210 e. The van der Waals surface area contributed by atoms with E-state index in [0.717, 1.165) is 0 Å². The van der Waals surface area contributed by atoms with Crippen LogP contribution in [-0.4, -0.2) is 0 Å². The maximum absolute atomic E-state index is 2.08. The van der Waals surface area contributed by atoms with E-state index in [0.29, 0.717) is 0 Å². The summed E-state index contributed by atoms with van der Waals surface area (Å²) in [6.45, 7) is 0. The van der Waals surface area contributed by atoms with Crippen molar-refractivity contribution in [3.05, 3.63) is 60.9 Å². The predicted octanol–water partition coefficient (Wildman–Crippen LogP) is -1.03. The summed E-state index contributed by atoms with van der Waals surface area (Å²) in [6, 6.07) is 16.3. The topological polar surface area (TPSA) is 3.88 Å². The molecule has 0 aliphatic carbocycles. The Labute approximate surface area is 84.1 Å². The highest BCUT2D eigenvalue weighted by Gasteiger charge is 1.99. The molecular weight excluding hydrogens is 182 g/mol. The highest BCUT2D eigenvalue weighted by molar-refractivity contribution is 5.21. The largest absolute Gasteiger partial charge is 1.00 e. The third-order valence-corrected chi connectivity index (χ3v) is 1.77. The van der Waals surface area contributed by atoms with Crippen molar-refractivity contribution in [3.8, 4) is 5.69 Å². The Hall–Kier alpha value is -1.34. The Morgan fingerprint density at radius 1 is 0.692 bits per heavy atom. The SMILES string of the molecule is [Cl-].c1ccc(-[n+]2ccccc2)cc1. The summed E-state index contributed by atoms with van der Waals surface area (Å²) >= 11 is 0. The van der Waals surface area contributed by atoms with E-state index in [4.69, 9.17) is 0 Å². The number of para-hydroxylation sites is 1. The molecule has 0 aliphatic heterocycles. The number of aromatic nitrogens is 1. The summed E-state index contributed by atoms with van der Waals surface area (Å²) in [5, 5.41) is 0. The van der Waals surface area contributed by atoms with E-state index >= 15 is 0 Å². The fourth-order valence-corrected chi connectivity index (χ4v) is 1.17. The van der Waals surface area contributed by atoms with E-state index < -0.39 is 0 Å². The van der Waals surface area contributed by atoms with Gasteiger partial charge in [0, 0.05) is 24.3 Å². The average Bonchev–Trinajstić information content (AvgIpc) is 2.21. The van der Waals surface area contributed by atoms with Crippen LogP contribution in [0.15, 0.2) is 60.9 Å². The maximum atomic E-state index is 2.08. The van der Waals surface area contributed by atoms with Crippen LogP contribution in [0.5, 0.6) is 0 Å². The molecule has 0 radical (unpaired) electrons. The molecule has 1 heterocycles. The van der Waals surface area contributed by atoms with E-state index in [1.165, 1.54) is 5.69 Å². The second-order valence-electron chi connectivity index (χ2n) is 2.62. The third-order valence-electron chi connectivity index (χ3n) is 1.77. The molecule has 0 bridgehead atoms. The normalized spacial score (nSPS) is 8.92. The lowest BCUT2D eigenvalue weighted by Gasteiger charge is -1.92. The summed E-state index contributed by atoms with van der Waals surface area (Å²) < 4.78 is 2.08. The number of pyridine rings is 1. The minimum absolute atomic E-state index is 0. The van der Waals surface area contributed by atoms with Crippen molar-refractivity contribution in [1.29, 1.82) is 0 Å². The zero-order chi connectivity index (χ0) is 8.23. The van der Waals surface area contributed by atoms with Gasteiger partial charge < -0.3 is 12.4 Å². The van der Waals surface area contributed by atoms with Crippen LogP contribution in [0.3, 0.4) is 0 Å². The van der Waals surface area contributed by atoms with E-state index in [1.807, 2.05) is 48.8 Å². The van der Waals surface area contributed by atoms with E-state index in [9.17, 15) is 0 Å². The smallest absolute Gasteiger partial charge is 0.210 e. The van der Waals surface area contributed by atoms with Gasteiger partial charge in [0.25, 0.3) is 0 Å². The average molecular weight is 192 g/mol. The van der Waals surface area contributed by atoms with Crippen LogP contribution in [0, 0.1) is 0 Å². The number of nitrogens with zero attached hydrogens (tertiary/aromatic N) is 1. The molecule has 0 unspecified atom stereocenters. The molecule has 2 heteroatoms. The fraction of sp³-hybridized carbons (Fsp3) is 0. The number of benzene rings is 1. The highest BCUT2D eigenvalue weighted by atomic mass is 35.5. The lowest BCUT2D eigenvalue weighted by molar-refractivity contribution is -0.595. The summed E-state index contributed by atoms with van der Waals surface area (Å²) in [6.07, 6.45) is 4.07. The molecule has 0 saturated heterocycles. The predicted molar refractivity (Wildman–Crippen MR) is 48.0 cm³/mol. The minimum Gasteiger partial charge on any atom is -1.00 e. The standard InChI is InChI=1S/C11H10N.ClH/c1-3-7-11(8-4-1)12-9-5-2-6-10-12;/h1-10H;1H/q+1;/p-1. The van der Waals surface area contributed by atoms with Crippen molar-refractivity contribution in [3.63, 3.8) is 0 Å². The van der Waals surface area contributed by atoms with Crippen molar-refractivity contribution >= 4 is 0 Å². The van der Waals surface area contributed by atoms with Crippen molar-refractivity contribution in [2.75, 3.05) is 0 Å². The van der Waals surface area contributed by atoms with Gasteiger partial charge in [-0.2, -0.15) is 4.57 Å². The van der Waals surface area contributed by atoms with Crippen LogP contribution in [0.1, 0.15) is 0 Å². The molecular formula is C11H10ClN. The third kappa shape index (κ3) is 2.30. The van der Waals surface area contributed by atoms with Gasteiger partial charge in [-0.3, -0.25) is 0 Å². The Kier molecular flexibility index (Phi) is 3.47. The molecule has 0 aliphatic rings. The number of hydrogen-bond donors (Lipinski definition) is 0. The molecule has 0 fully saturated rings. The Bertz CT molecular complexity index is 307. The highest BCUT2D eigenvalue weighted by Crippen LogP contribution is 1.96.